The fraction of sp³-hybridized carbons (Fsp3) is 0.471. The van der Waals surface area contributed by atoms with Crippen LogP contribution in [0.4, 0.5) is 0 Å². The number of benzene rings is 1. The van der Waals surface area contributed by atoms with Crippen molar-refractivity contribution in [3.63, 3.8) is 0 Å². The minimum atomic E-state index is -0.168. The SMILES string of the molecule is COC(=O)C1=C(c2ccccc2SC)C[C@@H]2CC[C@H]1N2C. The van der Waals surface area contributed by atoms with Gasteiger partial charge in [0.25, 0.3) is 0 Å². The Hall–Kier alpha value is -1.26. The number of hydrogen-bond acceptors (Lipinski definition) is 4. The van der Waals surface area contributed by atoms with Gasteiger partial charge in [-0.15, -0.1) is 11.8 Å². The standard InChI is InChI=1S/C17H21NO2S/c1-18-11-8-9-14(18)16(17(19)20-2)13(10-11)12-6-4-5-7-15(12)21-3/h4-7,11,14H,8-10H2,1-3H3/t11-,14+/m0/s1. The van der Waals surface area contributed by atoms with E-state index in [-0.39, 0.29) is 12.0 Å². The molecule has 2 aliphatic rings. The number of rotatable bonds is 3. The van der Waals surface area contributed by atoms with Gasteiger partial charge in [-0.25, -0.2) is 4.79 Å². The van der Waals surface area contributed by atoms with E-state index in [0.29, 0.717) is 6.04 Å². The summed E-state index contributed by atoms with van der Waals surface area (Å²) in [7, 11) is 3.61. The van der Waals surface area contributed by atoms with E-state index in [2.05, 4.69) is 42.5 Å². The Morgan fingerprint density at radius 1 is 1.33 bits per heavy atom. The molecule has 0 aliphatic carbocycles. The number of esters is 1. The first kappa shape index (κ1) is 14.7. The number of nitrogens with zero attached hydrogens (tertiary/aromatic N) is 1. The Morgan fingerprint density at radius 2 is 2.10 bits per heavy atom. The molecule has 1 aromatic rings. The zero-order valence-electron chi connectivity index (χ0n) is 12.8. The number of hydrogen-bond donors (Lipinski definition) is 0. The monoisotopic (exact) mass is 303 g/mol. The summed E-state index contributed by atoms with van der Waals surface area (Å²) in [4.78, 5) is 15.9. The van der Waals surface area contributed by atoms with Crippen molar-refractivity contribution in [2.45, 2.75) is 36.2 Å². The second kappa shape index (κ2) is 5.85. The van der Waals surface area contributed by atoms with Gasteiger partial charge in [0.05, 0.1) is 12.7 Å². The van der Waals surface area contributed by atoms with Gasteiger partial charge < -0.3 is 4.74 Å². The largest absolute Gasteiger partial charge is 0.466 e. The van der Waals surface area contributed by atoms with Crippen molar-refractivity contribution >= 4 is 23.3 Å². The fourth-order valence-corrected chi connectivity index (χ4v) is 4.30. The van der Waals surface area contributed by atoms with E-state index >= 15 is 0 Å². The van der Waals surface area contributed by atoms with Crippen LogP contribution < -0.4 is 0 Å². The molecule has 2 bridgehead atoms. The van der Waals surface area contributed by atoms with E-state index in [9.17, 15) is 4.79 Å². The van der Waals surface area contributed by atoms with Gasteiger partial charge >= 0.3 is 5.97 Å². The molecule has 3 nitrogen and oxygen atoms in total. The van der Waals surface area contributed by atoms with Crippen molar-refractivity contribution < 1.29 is 9.53 Å². The summed E-state index contributed by atoms with van der Waals surface area (Å²) in [5.74, 6) is -0.168. The zero-order chi connectivity index (χ0) is 15.0. The van der Waals surface area contributed by atoms with Crippen LogP contribution in [0.1, 0.15) is 24.8 Å². The van der Waals surface area contributed by atoms with Crippen LogP contribution in [-0.2, 0) is 9.53 Å². The van der Waals surface area contributed by atoms with E-state index < -0.39 is 0 Å². The van der Waals surface area contributed by atoms with Gasteiger partial charge in [0, 0.05) is 17.0 Å². The van der Waals surface area contributed by atoms with Gasteiger partial charge in [-0.2, -0.15) is 0 Å². The summed E-state index contributed by atoms with van der Waals surface area (Å²) in [5, 5.41) is 0. The number of carbonyl (C=O) groups is 1. The smallest absolute Gasteiger partial charge is 0.335 e. The molecule has 4 heteroatoms. The second-order valence-corrected chi connectivity index (χ2v) is 6.55. The lowest BCUT2D eigenvalue weighted by molar-refractivity contribution is -0.136. The van der Waals surface area contributed by atoms with Gasteiger partial charge in [-0.3, -0.25) is 4.90 Å². The molecule has 3 rings (SSSR count). The molecule has 0 amide bonds. The van der Waals surface area contributed by atoms with E-state index in [1.54, 1.807) is 11.8 Å². The third kappa shape index (κ3) is 2.40. The highest BCUT2D eigenvalue weighted by molar-refractivity contribution is 7.98. The molecule has 1 saturated heterocycles. The van der Waals surface area contributed by atoms with E-state index in [4.69, 9.17) is 4.74 Å². The van der Waals surface area contributed by atoms with E-state index in [0.717, 1.165) is 24.8 Å². The second-order valence-electron chi connectivity index (χ2n) is 5.70. The molecule has 112 valence electrons. The third-order valence-corrected chi connectivity index (χ3v) is 5.57. The molecule has 2 atom stereocenters. The summed E-state index contributed by atoms with van der Waals surface area (Å²) < 4.78 is 5.08. The predicted molar refractivity (Wildman–Crippen MR) is 86.3 cm³/mol. The molecule has 21 heavy (non-hydrogen) atoms. The van der Waals surface area contributed by atoms with Crippen molar-refractivity contribution in [2.75, 3.05) is 20.4 Å². The zero-order valence-corrected chi connectivity index (χ0v) is 13.6. The van der Waals surface area contributed by atoms with Gasteiger partial charge in [0.1, 0.15) is 0 Å². The third-order valence-electron chi connectivity index (χ3n) is 4.78. The number of thioether (sulfide) groups is 1. The Morgan fingerprint density at radius 3 is 2.81 bits per heavy atom. The molecule has 0 spiro atoms. The number of likely N-dealkylation sites (N-methyl/N-ethyl adjacent to an activating group) is 1. The van der Waals surface area contributed by atoms with Crippen molar-refractivity contribution in [1.82, 2.24) is 4.90 Å². The van der Waals surface area contributed by atoms with Crippen molar-refractivity contribution in [1.29, 1.82) is 0 Å². The highest BCUT2D eigenvalue weighted by atomic mass is 32.2. The Balaban J connectivity index is 2.16. The van der Waals surface area contributed by atoms with Crippen LogP contribution in [0.3, 0.4) is 0 Å². The van der Waals surface area contributed by atoms with Crippen molar-refractivity contribution in [3.8, 4) is 0 Å². The predicted octanol–water partition coefficient (Wildman–Crippen LogP) is 3.20. The molecule has 0 radical (unpaired) electrons. The molecule has 0 unspecified atom stereocenters. The van der Waals surface area contributed by atoms with Gasteiger partial charge in [-0.1, -0.05) is 18.2 Å². The number of fused-ring (bicyclic) bond motifs is 2. The average Bonchev–Trinajstić information content (AvgIpc) is 2.76. The fourth-order valence-electron chi connectivity index (χ4n) is 3.67. The van der Waals surface area contributed by atoms with Crippen LogP contribution in [0.15, 0.2) is 34.7 Å². The van der Waals surface area contributed by atoms with Gasteiger partial charge in [0.2, 0.25) is 0 Å². The summed E-state index contributed by atoms with van der Waals surface area (Å²) in [6.07, 6.45) is 5.24. The Bertz CT molecular complexity index is 596. The van der Waals surface area contributed by atoms with Crippen LogP contribution in [0, 0.1) is 0 Å². The maximum Gasteiger partial charge on any atom is 0.335 e. The molecular formula is C17H21NO2S. The molecular weight excluding hydrogens is 282 g/mol. The Labute approximate surface area is 130 Å². The van der Waals surface area contributed by atoms with Crippen LogP contribution in [0.25, 0.3) is 5.57 Å². The lowest BCUT2D eigenvalue weighted by atomic mass is 9.88. The minimum Gasteiger partial charge on any atom is -0.466 e. The van der Waals surface area contributed by atoms with Crippen LogP contribution in [0.5, 0.6) is 0 Å². The van der Waals surface area contributed by atoms with Crippen LogP contribution in [0.2, 0.25) is 0 Å². The number of methoxy groups -OCH3 is 1. The summed E-state index contributed by atoms with van der Waals surface area (Å²) in [5.41, 5.74) is 3.27. The van der Waals surface area contributed by atoms with Gasteiger partial charge in [0.15, 0.2) is 0 Å². The number of carbonyl (C=O) groups excluding carboxylic acids is 1. The topological polar surface area (TPSA) is 29.5 Å². The maximum absolute atomic E-state index is 12.4. The normalized spacial score (nSPS) is 25.3. The molecule has 2 aliphatic heterocycles. The first-order valence-electron chi connectivity index (χ1n) is 7.34. The Kier molecular flexibility index (Phi) is 4.09. The summed E-state index contributed by atoms with van der Waals surface area (Å²) >= 11 is 1.73. The molecule has 2 heterocycles. The van der Waals surface area contributed by atoms with Gasteiger partial charge in [-0.05, 0) is 49.8 Å². The molecule has 0 saturated carbocycles. The quantitative estimate of drug-likeness (QED) is 0.633. The van der Waals surface area contributed by atoms with E-state index in [1.807, 2.05) is 0 Å². The van der Waals surface area contributed by atoms with E-state index in [1.165, 1.54) is 23.1 Å². The highest BCUT2D eigenvalue weighted by Gasteiger charge is 2.42. The first-order valence-corrected chi connectivity index (χ1v) is 8.56. The lowest BCUT2D eigenvalue weighted by Gasteiger charge is -2.34. The number of ether oxygens (including phenoxy) is 1. The summed E-state index contributed by atoms with van der Waals surface area (Å²) in [6.45, 7) is 0. The first-order chi connectivity index (χ1) is 10.2. The lowest BCUT2D eigenvalue weighted by Crippen LogP contribution is -2.40. The van der Waals surface area contributed by atoms with Crippen LogP contribution >= 0.6 is 11.8 Å². The average molecular weight is 303 g/mol. The maximum atomic E-state index is 12.4. The van der Waals surface area contributed by atoms with Crippen molar-refractivity contribution in [2.24, 2.45) is 0 Å². The van der Waals surface area contributed by atoms with Crippen molar-refractivity contribution in [3.05, 3.63) is 35.4 Å². The molecule has 1 fully saturated rings. The molecule has 0 N–H and O–H groups in total. The highest BCUT2D eigenvalue weighted by Crippen LogP contribution is 2.44. The molecule has 0 aromatic heterocycles. The van der Waals surface area contributed by atoms with Crippen LogP contribution in [-0.4, -0.2) is 43.4 Å². The minimum absolute atomic E-state index is 0.168. The molecule has 1 aromatic carbocycles. The summed E-state index contributed by atoms with van der Waals surface area (Å²) in [6, 6.07) is 9.13.